The van der Waals surface area contributed by atoms with E-state index in [1.165, 1.54) is 11.1 Å². The van der Waals surface area contributed by atoms with Gasteiger partial charge in [-0.1, -0.05) is 13.0 Å². The summed E-state index contributed by atoms with van der Waals surface area (Å²) < 4.78 is 5.61. The zero-order valence-corrected chi connectivity index (χ0v) is 13.5. The van der Waals surface area contributed by atoms with E-state index in [0.717, 1.165) is 5.75 Å². The largest absolute Gasteiger partial charge is 0.494 e. The molecule has 0 spiro atoms. The van der Waals surface area contributed by atoms with Crippen molar-refractivity contribution in [1.82, 2.24) is 5.32 Å². The van der Waals surface area contributed by atoms with Crippen LogP contribution < -0.4 is 10.1 Å². The molecule has 22 heavy (non-hydrogen) atoms. The summed E-state index contributed by atoms with van der Waals surface area (Å²) in [7, 11) is 0. The summed E-state index contributed by atoms with van der Waals surface area (Å²) in [5.74, 6) is -0.156. The quantitative estimate of drug-likeness (QED) is 0.688. The third kappa shape index (κ3) is 7.11. The summed E-state index contributed by atoms with van der Waals surface area (Å²) >= 11 is 0. The Kier molecular flexibility index (Phi) is 7.43. The van der Waals surface area contributed by atoms with Crippen molar-refractivity contribution in [3.05, 3.63) is 29.3 Å². The molecule has 0 saturated heterocycles. The summed E-state index contributed by atoms with van der Waals surface area (Å²) in [6.45, 7) is 6.77. The molecular formula is C17H25NO4. The molecule has 0 aromatic heterocycles. The molecule has 1 unspecified atom stereocenters. The zero-order chi connectivity index (χ0) is 16.5. The molecular weight excluding hydrogens is 282 g/mol. The predicted molar refractivity (Wildman–Crippen MR) is 85.1 cm³/mol. The van der Waals surface area contributed by atoms with Gasteiger partial charge in [0.25, 0.3) is 0 Å². The maximum absolute atomic E-state index is 11.6. The van der Waals surface area contributed by atoms with Crippen LogP contribution in [0.5, 0.6) is 5.75 Å². The first-order valence-electron chi connectivity index (χ1n) is 7.57. The number of ether oxygens (including phenoxy) is 1. The highest BCUT2D eigenvalue weighted by Gasteiger charge is 2.09. The SMILES string of the molecule is Cc1ccc(OCCCC(=O)NCC(C)CC(=O)O)cc1C. The fourth-order valence-electron chi connectivity index (χ4n) is 1.97. The van der Waals surface area contributed by atoms with Gasteiger partial charge < -0.3 is 15.2 Å². The van der Waals surface area contributed by atoms with Crippen LogP contribution in [0.2, 0.25) is 0 Å². The zero-order valence-electron chi connectivity index (χ0n) is 13.5. The first-order valence-corrected chi connectivity index (χ1v) is 7.57. The van der Waals surface area contributed by atoms with E-state index in [0.29, 0.717) is 26.0 Å². The highest BCUT2D eigenvalue weighted by molar-refractivity contribution is 5.75. The van der Waals surface area contributed by atoms with Crippen LogP contribution in [0.4, 0.5) is 0 Å². The Bertz CT molecular complexity index is 513. The maximum Gasteiger partial charge on any atom is 0.303 e. The van der Waals surface area contributed by atoms with Gasteiger partial charge in [-0.2, -0.15) is 0 Å². The van der Waals surface area contributed by atoms with Crippen LogP contribution in [0.1, 0.15) is 37.3 Å². The monoisotopic (exact) mass is 307 g/mol. The second-order valence-electron chi connectivity index (χ2n) is 5.71. The Hall–Kier alpha value is -2.04. The van der Waals surface area contributed by atoms with Gasteiger partial charge in [-0.3, -0.25) is 9.59 Å². The van der Waals surface area contributed by atoms with Gasteiger partial charge in [0.2, 0.25) is 5.91 Å². The van der Waals surface area contributed by atoms with E-state index in [1.807, 2.05) is 25.1 Å². The van der Waals surface area contributed by atoms with E-state index < -0.39 is 5.97 Å². The van der Waals surface area contributed by atoms with E-state index in [1.54, 1.807) is 6.92 Å². The standard InChI is InChI=1S/C17H25NO4/c1-12(9-17(20)21)11-18-16(19)5-4-8-22-15-7-6-13(2)14(3)10-15/h6-7,10,12H,4-5,8-9,11H2,1-3H3,(H,18,19)(H,20,21). The van der Waals surface area contributed by atoms with E-state index in [-0.39, 0.29) is 18.2 Å². The van der Waals surface area contributed by atoms with Crippen LogP contribution in [-0.2, 0) is 9.59 Å². The number of hydrogen-bond acceptors (Lipinski definition) is 3. The number of carboxylic acid groups (broad SMARTS) is 1. The van der Waals surface area contributed by atoms with Gasteiger partial charge in [-0.05, 0) is 49.4 Å². The Labute approximate surface area is 131 Å². The summed E-state index contributed by atoms with van der Waals surface area (Å²) in [6, 6.07) is 5.93. The first kappa shape index (κ1) is 18.0. The van der Waals surface area contributed by atoms with Crippen molar-refractivity contribution < 1.29 is 19.4 Å². The molecule has 0 aliphatic heterocycles. The number of aryl methyl sites for hydroxylation is 2. The van der Waals surface area contributed by atoms with Gasteiger partial charge in [0, 0.05) is 19.4 Å². The van der Waals surface area contributed by atoms with Crippen molar-refractivity contribution >= 4 is 11.9 Å². The van der Waals surface area contributed by atoms with E-state index in [4.69, 9.17) is 9.84 Å². The van der Waals surface area contributed by atoms with Gasteiger partial charge >= 0.3 is 5.97 Å². The van der Waals surface area contributed by atoms with Crippen molar-refractivity contribution in [2.75, 3.05) is 13.2 Å². The lowest BCUT2D eigenvalue weighted by Crippen LogP contribution is -2.29. The third-order valence-corrected chi connectivity index (χ3v) is 3.47. The number of carbonyl (C=O) groups is 2. The molecule has 5 nitrogen and oxygen atoms in total. The predicted octanol–water partition coefficient (Wildman–Crippen LogP) is 2.69. The molecule has 122 valence electrons. The Morgan fingerprint density at radius 2 is 2.00 bits per heavy atom. The van der Waals surface area contributed by atoms with Crippen molar-refractivity contribution in [2.45, 2.75) is 40.0 Å². The highest BCUT2D eigenvalue weighted by Crippen LogP contribution is 2.16. The van der Waals surface area contributed by atoms with Crippen LogP contribution in [0, 0.1) is 19.8 Å². The average molecular weight is 307 g/mol. The van der Waals surface area contributed by atoms with Crippen molar-refractivity contribution in [1.29, 1.82) is 0 Å². The van der Waals surface area contributed by atoms with Crippen LogP contribution in [-0.4, -0.2) is 30.1 Å². The smallest absolute Gasteiger partial charge is 0.303 e. The molecule has 5 heteroatoms. The lowest BCUT2D eigenvalue weighted by Gasteiger charge is -2.11. The van der Waals surface area contributed by atoms with Gasteiger partial charge in [0.05, 0.1) is 6.61 Å². The number of carbonyl (C=O) groups excluding carboxylic acids is 1. The van der Waals surface area contributed by atoms with Crippen molar-refractivity contribution in [3.8, 4) is 5.75 Å². The number of aliphatic carboxylic acids is 1. The van der Waals surface area contributed by atoms with Crippen molar-refractivity contribution in [2.24, 2.45) is 5.92 Å². The summed E-state index contributed by atoms with van der Waals surface area (Å²) in [4.78, 5) is 22.1. The summed E-state index contributed by atoms with van der Waals surface area (Å²) in [6.07, 6.45) is 1.08. The Morgan fingerprint density at radius 3 is 2.64 bits per heavy atom. The molecule has 1 aromatic carbocycles. The minimum Gasteiger partial charge on any atom is -0.494 e. The van der Waals surface area contributed by atoms with Crippen LogP contribution in [0.25, 0.3) is 0 Å². The summed E-state index contributed by atoms with van der Waals surface area (Å²) in [5.41, 5.74) is 2.41. The molecule has 0 aliphatic rings. The fourth-order valence-corrected chi connectivity index (χ4v) is 1.97. The number of rotatable bonds is 9. The average Bonchev–Trinajstić information content (AvgIpc) is 2.44. The number of benzene rings is 1. The first-order chi connectivity index (χ1) is 10.4. The molecule has 0 aliphatic carbocycles. The lowest BCUT2D eigenvalue weighted by molar-refractivity contribution is -0.138. The minimum absolute atomic E-state index is 0.0618. The van der Waals surface area contributed by atoms with Gasteiger partial charge in [-0.25, -0.2) is 0 Å². The highest BCUT2D eigenvalue weighted by atomic mass is 16.5. The normalized spacial score (nSPS) is 11.8. The number of amides is 1. The Morgan fingerprint density at radius 1 is 1.27 bits per heavy atom. The molecule has 1 atom stereocenters. The Balaban J connectivity index is 2.17. The van der Waals surface area contributed by atoms with Gasteiger partial charge in [0.15, 0.2) is 0 Å². The molecule has 1 aromatic rings. The number of carboxylic acids is 1. The lowest BCUT2D eigenvalue weighted by atomic mass is 10.1. The van der Waals surface area contributed by atoms with Gasteiger partial charge in [-0.15, -0.1) is 0 Å². The van der Waals surface area contributed by atoms with Crippen LogP contribution in [0.15, 0.2) is 18.2 Å². The molecule has 1 amide bonds. The number of nitrogens with one attached hydrogen (secondary N) is 1. The molecule has 1 rings (SSSR count). The second-order valence-corrected chi connectivity index (χ2v) is 5.71. The minimum atomic E-state index is -0.844. The second kappa shape index (κ2) is 9.07. The topological polar surface area (TPSA) is 75.6 Å². The maximum atomic E-state index is 11.6. The molecule has 0 bridgehead atoms. The molecule has 0 fully saturated rings. The third-order valence-electron chi connectivity index (χ3n) is 3.47. The van der Waals surface area contributed by atoms with E-state index >= 15 is 0 Å². The summed E-state index contributed by atoms with van der Waals surface area (Å²) in [5, 5.41) is 11.4. The van der Waals surface area contributed by atoms with Crippen LogP contribution >= 0.6 is 0 Å². The molecule has 0 radical (unpaired) electrons. The van der Waals surface area contributed by atoms with E-state index in [9.17, 15) is 9.59 Å². The van der Waals surface area contributed by atoms with Crippen LogP contribution in [0.3, 0.4) is 0 Å². The van der Waals surface area contributed by atoms with Gasteiger partial charge in [0.1, 0.15) is 5.75 Å². The van der Waals surface area contributed by atoms with E-state index in [2.05, 4.69) is 12.2 Å². The fraction of sp³-hybridized carbons (Fsp3) is 0.529. The molecule has 0 heterocycles. The molecule has 2 N–H and O–H groups in total. The van der Waals surface area contributed by atoms with Crippen molar-refractivity contribution in [3.63, 3.8) is 0 Å². The number of hydrogen-bond donors (Lipinski definition) is 2. The molecule has 0 saturated carbocycles.